The zero-order valence-corrected chi connectivity index (χ0v) is 11.5. The van der Waals surface area contributed by atoms with Gasteiger partial charge in [-0.25, -0.2) is 4.79 Å². The minimum absolute atomic E-state index is 0.336. The summed E-state index contributed by atoms with van der Waals surface area (Å²) in [4.78, 5) is 10.5. The Labute approximate surface area is 108 Å². The van der Waals surface area contributed by atoms with Crippen molar-refractivity contribution in [1.82, 2.24) is 5.32 Å². The molecule has 0 aromatic carbocycles. The van der Waals surface area contributed by atoms with Gasteiger partial charge in [0.15, 0.2) is 0 Å². The summed E-state index contributed by atoms with van der Waals surface area (Å²) in [6.45, 7) is 2.73. The minimum atomic E-state index is -1.23. The van der Waals surface area contributed by atoms with E-state index in [0.29, 0.717) is 26.0 Å². The molecule has 108 valence electrons. The van der Waals surface area contributed by atoms with E-state index in [0.717, 1.165) is 0 Å². The fourth-order valence-electron chi connectivity index (χ4n) is 1.62. The van der Waals surface area contributed by atoms with E-state index in [9.17, 15) is 4.79 Å². The van der Waals surface area contributed by atoms with Crippen LogP contribution in [0.3, 0.4) is 0 Å². The average Bonchev–Trinajstić information content (AvgIpc) is 2.37. The Hall–Kier alpha value is -0.890. The Morgan fingerprint density at radius 2 is 1.94 bits per heavy atom. The Balaban J connectivity index is 4.22. The second-order valence-corrected chi connectivity index (χ2v) is 3.64. The molecule has 1 atom stereocenters. The van der Waals surface area contributed by atoms with Crippen molar-refractivity contribution in [2.45, 2.75) is 31.8 Å². The SMILES string of the molecule is CCC(OC)C(OC)(OC)OCCCNC(N)=O. The van der Waals surface area contributed by atoms with Gasteiger partial charge in [-0.15, -0.1) is 0 Å². The Bertz CT molecular complexity index is 229. The van der Waals surface area contributed by atoms with E-state index < -0.39 is 12.0 Å². The summed E-state index contributed by atoms with van der Waals surface area (Å²) < 4.78 is 21.4. The topological polar surface area (TPSA) is 92.0 Å². The highest BCUT2D eigenvalue weighted by molar-refractivity contribution is 5.71. The molecule has 0 rings (SSSR count). The number of methoxy groups -OCH3 is 3. The number of hydrogen-bond donors (Lipinski definition) is 2. The molecule has 2 amide bonds. The molecule has 0 fully saturated rings. The third kappa shape index (κ3) is 5.18. The molecule has 7 nitrogen and oxygen atoms in total. The number of carbonyl (C=O) groups excluding carboxylic acids is 1. The normalized spacial score (nSPS) is 13.3. The first-order valence-corrected chi connectivity index (χ1v) is 5.86. The molecule has 18 heavy (non-hydrogen) atoms. The molecular formula is C11H24N2O5. The van der Waals surface area contributed by atoms with E-state index >= 15 is 0 Å². The summed E-state index contributed by atoms with van der Waals surface area (Å²) in [6.07, 6.45) is 0.937. The summed E-state index contributed by atoms with van der Waals surface area (Å²) in [5.74, 6) is -1.23. The zero-order valence-electron chi connectivity index (χ0n) is 11.5. The van der Waals surface area contributed by atoms with Gasteiger partial charge in [-0.2, -0.15) is 0 Å². The standard InChI is InChI=1S/C11H24N2O5/c1-5-9(15-2)11(16-3,17-4)18-8-6-7-13-10(12)14/h9H,5-8H2,1-4H3,(H3,12,13,14). The lowest BCUT2D eigenvalue weighted by Crippen LogP contribution is -2.49. The maximum absolute atomic E-state index is 10.5. The van der Waals surface area contributed by atoms with Crippen LogP contribution in [0.5, 0.6) is 0 Å². The molecule has 0 aromatic rings. The number of rotatable bonds is 10. The predicted octanol–water partition coefficient (Wildman–Crippen LogP) is 0.433. The van der Waals surface area contributed by atoms with Gasteiger partial charge in [0, 0.05) is 27.9 Å². The van der Waals surface area contributed by atoms with Crippen LogP contribution in [-0.4, -0.2) is 52.6 Å². The third-order valence-electron chi connectivity index (χ3n) is 2.54. The molecule has 0 aliphatic rings. The fraction of sp³-hybridized carbons (Fsp3) is 0.909. The molecule has 0 saturated heterocycles. The first-order valence-electron chi connectivity index (χ1n) is 5.86. The molecule has 0 saturated carbocycles. The molecule has 1 unspecified atom stereocenters. The zero-order chi connectivity index (χ0) is 14.0. The van der Waals surface area contributed by atoms with Crippen LogP contribution in [0.2, 0.25) is 0 Å². The van der Waals surface area contributed by atoms with Gasteiger partial charge in [0.25, 0.3) is 0 Å². The van der Waals surface area contributed by atoms with Crippen LogP contribution >= 0.6 is 0 Å². The maximum atomic E-state index is 10.5. The summed E-state index contributed by atoms with van der Waals surface area (Å²) >= 11 is 0. The van der Waals surface area contributed by atoms with Gasteiger partial charge >= 0.3 is 12.0 Å². The molecule has 3 N–H and O–H groups in total. The van der Waals surface area contributed by atoms with E-state index in [-0.39, 0.29) is 6.10 Å². The van der Waals surface area contributed by atoms with Crippen LogP contribution < -0.4 is 11.1 Å². The van der Waals surface area contributed by atoms with E-state index in [2.05, 4.69) is 5.32 Å². The number of nitrogens with two attached hydrogens (primary N) is 1. The second kappa shape index (κ2) is 9.09. The van der Waals surface area contributed by atoms with Crippen molar-refractivity contribution in [3.8, 4) is 0 Å². The van der Waals surface area contributed by atoms with Gasteiger partial charge in [-0.1, -0.05) is 6.92 Å². The van der Waals surface area contributed by atoms with Gasteiger partial charge in [0.1, 0.15) is 6.10 Å². The van der Waals surface area contributed by atoms with Crippen molar-refractivity contribution in [3.05, 3.63) is 0 Å². The number of carbonyl (C=O) groups is 1. The van der Waals surface area contributed by atoms with Crippen molar-refractivity contribution < 1.29 is 23.7 Å². The average molecular weight is 264 g/mol. The van der Waals surface area contributed by atoms with E-state index in [1.165, 1.54) is 14.2 Å². The summed E-state index contributed by atoms with van der Waals surface area (Å²) in [6, 6.07) is -0.553. The first kappa shape index (κ1) is 17.1. The van der Waals surface area contributed by atoms with Crippen LogP contribution in [0.25, 0.3) is 0 Å². The van der Waals surface area contributed by atoms with Gasteiger partial charge in [0.2, 0.25) is 0 Å². The molecule has 0 heterocycles. The quantitative estimate of drug-likeness (QED) is 0.441. The minimum Gasteiger partial charge on any atom is -0.373 e. The van der Waals surface area contributed by atoms with Crippen LogP contribution in [0, 0.1) is 0 Å². The fourth-order valence-corrected chi connectivity index (χ4v) is 1.62. The molecule has 0 aliphatic heterocycles. The van der Waals surface area contributed by atoms with Crippen LogP contribution in [-0.2, 0) is 18.9 Å². The summed E-state index contributed by atoms with van der Waals surface area (Å²) in [5, 5.41) is 2.47. The van der Waals surface area contributed by atoms with E-state index in [4.69, 9.17) is 24.7 Å². The van der Waals surface area contributed by atoms with Crippen LogP contribution in [0.1, 0.15) is 19.8 Å². The van der Waals surface area contributed by atoms with Crippen molar-refractivity contribution in [2.24, 2.45) is 5.73 Å². The number of urea groups is 1. The van der Waals surface area contributed by atoms with E-state index in [1.807, 2.05) is 6.92 Å². The van der Waals surface area contributed by atoms with Crippen molar-refractivity contribution in [3.63, 3.8) is 0 Å². The first-order chi connectivity index (χ1) is 8.56. The summed E-state index contributed by atoms with van der Waals surface area (Å²) in [5.41, 5.74) is 4.94. The van der Waals surface area contributed by atoms with Crippen LogP contribution in [0.4, 0.5) is 4.79 Å². The summed E-state index contributed by atoms with van der Waals surface area (Å²) in [7, 11) is 4.55. The van der Waals surface area contributed by atoms with Gasteiger partial charge in [0.05, 0.1) is 6.61 Å². The number of ether oxygens (including phenoxy) is 4. The molecule has 0 spiro atoms. The van der Waals surface area contributed by atoms with Crippen LogP contribution in [0.15, 0.2) is 0 Å². The molecule has 0 radical (unpaired) electrons. The van der Waals surface area contributed by atoms with Crippen molar-refractivity contribution in [1.29, 1.82) is 0 Å². The van der Waals surface area contributed by atoms with Crippen molar-refractivity contribution >= 4 is 6.03 Å². The molecule has 0 aliphatic carbocycles. The monoisotopic (exact) mass is 264 g/mol. The number of primary amides is 1. The third-order valence-corrected chi connectivity index (χ3v) is 2.54. The Kier molecular flexibility index (Phi) is 8.65. The van der Waals surface area contributed by atoms with Gasteiger partial charge in [-0.05, 0) is 12.8 Å². The number of nitrogens with one attached hydrogen (secondary N) is 1. The second-order valence-electron chi connectivity index (χ2n) is 3.64. The number of amides is 2. The Morgan fingerprint density at radius 3 is 2.33 bits per heavy atom. The number of hydrogen-bond acceptors (Lipinski definition) is 5. The van der Waals surface area contributed by atoms with Crippen molar-refractivity contribution in [2.75, 3.05) is 34.5 Å². The maximum Gasteiger partial charge on any atom is 0.312 e. The molecular weight excluding hydrogens is 240 g/mol. The largest absolute Gasteiger partial charge is 0.373 e. The lowest BCUT2D eigenvalue weighted by molar-refractivity contribution is -0.399. The van der Waals surface area contributed by atoms with Gasteiger partial charge < -0.3 is 30.0 Å². The highest BCUT2D eigenvalue weighted by atomic mass is 16.9. The molecule has 0 aromatic heterocycles. The lowest BCUT2D eigenvalue weighted by Gasteiger charge is -2.35. The highest BCUT2D eigenvalue weighted by Crippen LogP contribution is 2.23. The van der Waals surface area contributed by atoms with Gasteiger partial charge in [-0.3, -0.25) is 0 Å². The smallest absolute Gasteiger partial charge is 0.312 e. The molecule has 7 heteroatoms. The highest BCUT2D eigenvalue weighted by Gasteiger charge is 2.40. The lowest BCUT2D eigenvalue weighted by atomic mass is 10.2. The molecule has 0 bridgehead atoms. The Morgan fingerprint density at radius 1 is 1.33 bits per heavy atom. The van der Waals surface area contributed by atoms with E-state index in [1.54, 1.807) is 7.11 Å². The predicted molar refractivity (Wildman–Crippen MR) is 66.0 cm³/mol.